The summed E-state index contributed by atoms with van der Waals surface area (Å²) in [6.45, 7) is 9.04. The van der Waals surface area contributed by atoms with Crippen LogP contribution in [0.4, 0.5) is 5.69 Å². The largest absolute Gasteiger partial charge is 0.494 e. The second-order valence-corrected chi connectivity index (χ2v) is 7.41. The van der Waals surface area contributed by atoms with E-state index in [4.69, 9.17) is 9.47 Å². The minimum atomic E-state index is -0.833. The smallest absolute Gasteiger partial charge is 0.270 e. The van der Waals surface area contributed by atoms with Crippen molar-refractivity contribution in [2.24, 2.45) is 0 Å². The van der Waals surface area contributed by atoms with E-state index >= 15 is 0 Å². The topological polar surface area (TPSA) is 38.8 Å². The molecule has 0 aromatic heterocycles. The lowest BCUT2D eigenvalue weighted by atomic mass is 10.0. The molecule has 138 valence electrons. The number of nitrogens with zero attached hydrogens (tertiary/aromatic N) is 1. The maximum absolute atomic E-state index is 12.8. The molecule has 26 heavy (non-hydrogen) atoms. The molecule has 2 aromatic carbocycles. The molecule has 0 N–H and O–H groups in total. The van der Waals surface area contributed by atoms with Crippen LogP contribution in [0.3, 0.4) is 0 Å². The summed E-state index contributed by atoms with van der Waals surface area (Å²) in [5, 5.41) is 0. The summed E-state index contributed by atoms with van der Waals surface area (Å²) in [6, 6.07) is 14.0. The number of amides is 1. The van der Waals surface area contributed by atoms with Gasteiger partial charge in [-0.1, -0.05) is 18.2 Å². The van der Waals surface area contributed by atoms with E-state index in [1.807, 2.05) is 62.1 Å². The summed E-state index contributed by atoms with van der Waals surface area (Å²) in [5.41, 5.74) is 2.34. The van der Waals surface area contributed by atoms with Crippen molar-refractivity contribution in [3.8, 4) is 11.5 Å². The number of benzene rings is 2. The average Bonchev–Trinajstić information content (AvgIpc) is 2.58. The van der Waals surface area contributed by atoms with E-state index in [2.05, 4.69) is 13.0 Å². The fourth-order valence-corrected chi connectivity index (χ4v) is 3.17. The molecular weight excluding hydrogens is 326 g/mol. The van der Waals surface area contributed by atoms with Crippen molar-refractivity contribution >= 4 is 11.6 Å². The van der Waals surface area contributed by atoms with Crippen LogP contribution in [0.1, 0.15) is 37.8 Å². The van der Waals surface area contributed by atoms with Gasteiger partial charge in [0, 0.05) is 6.54 Å². The highest BCUT2D eigenvalue weighted by Gasteiger charge is 2.40. The standard InChI is InChI=1S/C22H27NO3/c1-16-8-7-9-18(14-16)25-13-6-5-12-23-19-15-17(2)10-11-20(19)26-22(3,4)21(23)24/h7-11,14-15H,5-6,12-13H2,1-4H3. The quantitative estimate of drug-likeness (QED) is 0.709. The van der Waals surface area contributed by atoms with Gasteiger partial charge in [0.25, 0.3) is 5.91 Å². The molecule has 3 rings (SSSR count). The van der Waals surface area contributed by atoms with E-state index in [-0.39, 0.29) is 5.91 Å². The first-order valence-corrected chi connectivity index (χ1v) is 9.18. The number of carbonyl (C=O) groups is 1. The van der Waals surface area contributed by atoms with Gasteiger partial charge >= 0.3 is 0 Å². The molecule has 1 heterocycles. The second kappa shape index (κ2) is 7.40. The summed E-state index contributed by atoms with van der Waals surface area (Å²) in [4.78, 5) is 14.7. The molecule has 1 aliphatic heterocycles. The van der Waals surface area contributed by atoms with Gasteiger partial charge in [0.1, 0.15) is 11.5 Å². The highest BCUT2D eigenvalue weighted by atomic mass is 16.5. The van der Waals surface area contributed by atoms with Crippen LogP contribution in [-0.2, 0) is 4.79 Å². The van der Waals surface area contributed by atoms with Crippen LogP contribution in [-0.4, -0.2) is 24.7 Å². The number of unbranched alkanes of at least 4 members (excludes halogenated alkanes) is 1. The summed E-state index contributed by atoms with van der Waals surface area (Å²) in [5.74, 6) is 1.68. The van der Waals surface area contributed by atoms with E-state index in [1.165, 1.54) is 5.56 Å². The molecule has 0 fully saturated rings. The third-order valence-electron chi connectivity index (χ3n) is 4.56. The van der Waals surface area contributed by atoms with Crippen molar-refractivity contribution in [3.05, 3.63) is 53.6 Å². The SMILES string of the molecule is Cc1cccc(OCCCCN2C(=O)C(C)(C)Oc3ccc(C)cc32)c1. The van der Waals surface area contributed by atoms with Gasteiger partial charge in [-0.3, -0.25) is 4.79 Å². The Morgan fingerprint density at radius 1 is 1.04 bits per heavy atom. The third kappa shape index (κ3) is 4.01. The van der Waals surface area contributed by atoms with Crippen LogP contribution in [0.25, 0.3) is 0 Å². The predicted octanol–water partition coefficient (Wildman–Crippen LogP) is 4.67. The zero-order valence-electron chi connectivity index (χ0n) is 16.0. The zero-order valence-corrected chi connectivity index (χ0v) is 16.0. The Bertz CT molecular complexity index is 798. The van der Waals surface area contributed by atoms with Crippen LogP contribution < -0.4 is 14.4 Å². The third-order valence-corrected chi connectivity index (χ3v) is 4.56. The van der Waals surface area contributed by atoms with E-state index in [0.717, 1.165) is 35.6 Å². The number of aryl methyl sites for hydroxylation is 2. The number of rotatable bonds is 6. The van der Waals surface area contributed by atoms with Crippen LogP contribution in [0.15, 0.2) is 42.5 Å². The van der Waals surface area contributed by atoms with Crippen LogP contribution >= 0.6 is 0 Å². The fourth-order valence-electron chi connectivity index (χ4n) is 3.17. The van der Waals surface area contributed by atoms with E-state index in [1.54, 1.807) is 0 Å². The highest BCUT2D eigenvalue weighted by molar-refractivity contribution is 6.02. The number of carbonyl (C=O) groups excluding carboxylic acids is 1. The second-order valence-electron chi connectivity index (χ2n) is 7.41. The normalized spacial score (nSPS) is 15.4. The molecule has 4 heteroatoms. The molecule has 0 atom stereocenters. The van der Waals surface area contributed by atoms with Gasteiger partial charge in [-0.25, -0.2) is 0 Å². The zero-order chi connectivity index (χ0) is 18.7. The Kier molecular flexibility index (Phi) is 5.21. The predicted molar refractivity (Wildman–Crippen MR) is 104 cm³/mol. The lowest BCUT2D eigenvalue weighted by Crippen LogP contribution is -2.52. The van der Waals surface area contributed by atoms with E-state index < -0.39 is 5.60 Å². The lowest BCUT2D eigenvalue weighted by Gasteiger charge is -2.39. The minimum Gasteiger partial charge on any atom is -0.494 e. The highest BCUT2D eigenvalue weighted by Crippen LogP contribution is 2.38. The van der Waals surface area contributed by atoms with Crippen LogP contribution in [0, 0.1) is 13.8 Å². The maximum Gasteiger partial charge on any atom is 0.270 e. The van der Waals surface area contributed by atoms with Crippen molar-refractivity contribution in [3.63, 3.8) is 0 Å². The van der Waals surface area contributed by atoms with Crippen molar-refractivity contribution in [2.45, 2.75) is 46.1 Å². The van der Waals surface area contributed by atoms with Gasteiger partial charge in [-0.05, 0) is 75.9 Å². The van der Waals surface area contributed by atoms with Gasteiger partial charge < -0.3 is 14.4 Å². The lowest BCUT2D eigenvalue weighted by molar-refractivity contribution is -0.132. The Morgan fingerprint density at radius 3 is 2.58 bits per heavy atom. The van der Waals surface area contributed by atoms with Crippen molar-refractivity contribution in [1.29, 1.82) is 0 Å². The van der Waals surface area contributed by atoms with Crippen molar-refractivity contribution in [2.75, 3.05) is 18.1 Å². The Morgan fingerprint density at radius 2 is 1.81 bits per heavy atom. The first-order valence-electron chi connectivity index (χ1n) is 9.18. The molecule has 0 spiro atoms. The summed E-state index contributed by atoms with van der Waals surface area (Å²) in [6.07, 6.45) is 1.77. The van der Waals surface area contributed by atoms with Crippen molar-refractivity contribution < 1.29 is 14.3 Å². The van der Waals surface area contributed by atoms with Gasteiger partial charge in [-0.2, -0.15) is 0 Å². The van der Waals surface area contributed by atoms with Crippen LogP contribution in [0.2, 0.25) is 0 Å². The van der Waals surface area contributed by atoms with E-state index in [0.29, 0.717) is 13.2 Å². The molecule has 1 aliphatic rings. The number of hydrogen-bond donors (Lipinski definition) is 0. The monoisotopic (exact) mass is 353 g/mol. The number of ether oxygens (including phenoxy) is 2. The average molecular weight is 353 g/mol. The molecule has 0 unspecified atom stereocenters. The van der Waals surface area contributed by atoms with Gasteiger partial charge in [0.2, 0.25) is 0 Å². The van der Waals surface area contributed by atoms with E-state index in [9.17, 15) is 4.79 Å². The Hall–Kier alpha value is -2.49. The Balaban J connectivity index is 1.60. The first kappa shape index (κ1) is 18.3. The molecule has 0 radical (unpaired) electrons. The molecule has 1 amide bonds. The number of hydrogen-bond acceptors (Lipinski definition) is 3. The molecule has 2 aromatic rings. The van der Waals surface area contributed by atoms with Crippen LogP contribution in [0.5, 0.6) is 11.5 Å². The summed E-state index contributed by atoms with van der Waals surface area (Å²) in [7, 11) is 0. The van der Waals surface area contributed by atoms with Gasteiger partial charge in [0.15, 0.2) is 5.60 Å². The van der Waals surface area contributed by atoms with Gasteiger partial charge in [0.05, 0.1) is 12.3 Å². The number of anilines is 1. The van der Waals surface area contributed by atoms with Gasteiger partial charge in [-0.15, -0.1) is 0 Å². The minimum absolute atomic E-state index is 0.00945. The van der Waals surface area contributed by atoms with Crippen molar-refractivity contribution in [1.82, 2.24) is 0 Å². The fraction of sp³-hybridized carbons (Fsp3) is 0.409. The molecule has 0 saturated carbocycles. The summed E-state index contributed by atoms with van der Waals surface area (Å²) >= 11 is 0. The summed E-state index contributed by atoms with van der Waals surface area (Å²) < 4.78 is 11.7. The molecular formula is C22H27NO3. The Labute approximate surface area is 155 Å². The maximum atomic E-state index is 12.8. The first-order chi connectivity index (χ1) is 12.4. The number of fused-ring (bicyclic) bond motifs is 1. The molecule has 0 bridgehead atoms. The molecule has 4 nitrogen and oxygen atoms in total. The molecule has 0 saturated heterocycles. The molecule has 0 aliphatic carbocycles.